The third kappa shape index (κ3) is 5.35. The number of benzene rings is 1. The lowest BCUT2D eigenvalue weighted by molar-refractivity contribution is -0.120. The molecule has 0 spiro atoms. The average molecular weight is 273 g/mol. The lowest BCUT2D eigenvalue weighted by Gasteiger charge is -2.08. The Balaban J connectivity index is 2.31. The van der Waals surface area contributed by atoms with E-state index in [1.54, 1.807) is 25.3 Å². The summed E-state index contributed by atoms with van der Waals surface area (Å²) in [6, 6.07) is 4.89. The predicted octanol–water partition coefficient (Wildman–Crippen LogP) is 1.91. The van der Waals surface area contributed by atoms with Crippen LogP contribution in [0.25, 0.3) is 0 Å². The molecular formula is C12H17ClN2O3. The molecule has 3 N–H and O–H groups in total. The molecule has 0 radical (unpaired) electrons. The predicted molar refractivity (Wildman–Crippen MR) is 71.8 cm³/mol. The van der Waals surface area contributed by atoms with Crippen molar-refractivity contribution in [1.29, 1.82) is 0 Å². The summed E-state index contributed by atoms with van der Waals surface area (Å²) in [7, 11) is 1.62. The summed E-state index contributed by atoms with van der Waals surface area (Å²) in [5.74, 6) is -0.249. The molecule has 100 valence electrons. The van der Waals surface area contributed by atoms with Crippen LogP contribution in [0.15, 0.2) is 18.2 Å². The van der Waals surface area contributed by atoms with Crippen LogP contribution in [-0.2, 0) is 14.3 Å². The van der Waals surface area contributed by atoms with Crippen molar-refractivity contribution in [3.05, 3.63) is 23.2 Å². The summed E-state index contributed by atoms with van der Waals surface area (Å²) in [4.78, 5) is 11.5. The smallest absolute Gasteiger partial charge is 0.250 e. The van der Waals surface area contributed by atoms with Gasteiger partial charge in [0.05, 0.1) is 11.4 Å². The summed E-state index contributed by atoms with van der Waals surface area (Å²) in [6.45, 7) is 1.09. The van der Waals surface area contributed by atoms with Gasteiger partial charge in [-0.25, -0.2) is 0 Å². The molecule has 0 unspecified atom stereocenters. The number of carbonyl (C=O) groups is 1. The van der Waals surface area contributed by atoms with Gasteiger partial charge in [-0.3, -0.25) is 4.79 Å². The number of methoxy groups -OCH3 is 1. The Morgan fingerprint density at radius 2 is 2.22 bits per heavy atom. The fourth-order valence-electron chi connectivity index (χ4n) is 1.30. The number of halogens is 1. The second kappa shape index (κ2) is 7.92. The number of nitrogens with two attached hydrogens (primary N) is 1. The fraction of sp³-hybridized carbons (Fsp3) is 0.417. The molecule has 0 saturated heterocycles. The molecule has 6 heteroatoms. The maximum atomic E-state index is 11.5. The molecule has 1 aromatic carbocycles. The van der Waals surface area contributed by atoms with Gasteiger partial charge in [0.25, 0.3) is 0 Å². The molecule has 0 saturated carbocycles. The third-order valence-electron chi connectivity index (χ3n) is 2.16. The average Bonchev–Trinajstić information content (AvgIpc) is 2.32. The van der Waals surface area contributed by atoms with Crippen molar-refractivity contribution in [2.24, 2.45) is 0 Å². The Morgan fingerprint density at radius 3 is 2.89 bits per heavy atom. The number of rotatable bonds is 7. The van der Waals surface area contributed by atoms with Gasteiger partial charge < -0.3 is 20.5 Å². The summed E-state index contributed by atoms with van der Waals surface area (Å²) >= 11 is 5.76. The number of carbonyl (C=O) groups excluding carboxylic acids is 1. The van der Waals surface area contributed by atoms with E-state index in [1.807, 2.05) is 0 Å². The molecule has 0 fully saturated rings. The van der Waals surface area contributed by atoms with E-state index in [4.69, 9.17) is 26.8 Å². The molecule has 0 aliphatic heterocycles. The minimum absolute atomic E-state index is 0.00815. The first-order chi connectivity index (χ1) is 8.63. The van der Waals surface area contributed by atoms with E-state index >= 15 is 0 Å². The first kappa shape index (κ1) is 14.8. The molecule has 0 bridgehead atoms. The van der Waals surface area contributed by atoms with Crippen molar-refractivity contribution in [2.75, 3.05) is 38.0 Å². The van der Waals surface area contributed by atoms with Gasteiger partial charge in [0, 0.05) is 25.3 Å². The van der Waals surface area contributed by atoms with Crippen LogP contribution < -0.4 is 11.1 Å². The molecule has 1 amide bonds. The van der Waals surface area contributed by atoms with E-state index in [2.05, 4.69) is 5.32 Å². The number of nitrogen functional groups attached to an aromatic ring is 1. The van der Waals surface area contributed by atoms with Crippen molar-refractivity contribution in [1.82, 2.24) is 0 Å². The fourth-order valence-corrected chi connectivity index (χ4v) is 1.48. The molecule has 5 nitrogen and oxygen atoms in total. The minimum atomic E-state index is -0.249. The lowest BCUT2D eigenvalue weighted by atomic mass is 10.2. The maximum absolute atomic E-state index is 11.5. The molecule has 1 aromatic rings. The van der Waals surface area contributed by atoms with E-state index in [-0.39, 0.29) is 12.5 Å². The van der Waals surface area contributed by atoms with Crippen molar-refractivity contribution in [3.63, 3.8) is 0 Å². The zero-order valence-electron chi connectivity index (χ0n) is 10.2. The first-order valence-electron chi connectivity index (χ1n) is 5.55. The van der Waals surface area contributed by atoms with Crippen molar-refractivity contribution >= 4 is 28.9 Å². The molecular weight excluding hydrogens is 256 g/mol. The van der Waals surface area contributed by atoms with E-state index in [1.165, 1.54) is 0 Å². The quantitative estimate of drug-likeness (QED) is 0.587. The lowest BCUT2D eigenvalue weighted by Crippen LogP contribution is -2.19. The largest absolute Gasteiger partial charge is 0.397 e. The second-order valence-corrected chi connectivity index (χ2v) is 4.12. The Hall–Kier alpha value is -1.30. The summed E-state index contributed by atoms with van der Waals surface area (Å²) in [5.41, 5.74) is 6.67. The van der Waals surface area contributed by atoms with Gasteiger partial charge >= 0.3 is 0 Å². The monoisotopic (exact) mass is 272 g/mol. The van der Waals surface area contributed by atoms with Crippen molar-refractivity contribution in [2.45, 2.75) is 6.42 Å². The third-order valence-corrected chi connectivity index (χ3v) is 2.39. The zero-order valence-corrected chi connectivity index (χ0v) is 11.0. The van der Waals surface area contributed by atoms with Crippen LogP contribution in [0.3, 0.4) is 0 Å². The summed E-state index contributed by atoms with van der Waals surface area (Å²) < 4.78 is 10.0. The van der Waals surface area contributed by atoms with Gasteiger partial charge in [-0.15, -0.1) is 0 Å². The number of hydrogen-bond acceptors (Lipinski definition) is 4. The number of ether oxygens (including phenoxy) is 2. The van der Waals surface area contributed by atoms with Crippen LogP contribution in [0.5, 0.6) is 0 Å². The van der Waals surface area contributed by atoms with Crippen LogP contribution in [0.2, 0.25) is 5.02 Å². The van der Waals surface area contributed by atoms with Crippen molar-refractivity contribution < 1.29 is 14.3 Å². The molecule has 0 aliphatic carbocycles. The Bertz CT molecular complexity index is 399. The van der Waals surface area contributed by atoms with Crippen LogP contribution >= 0.6 is 11.6 Å². The normalized spacial score (nSPS) is 10.3. The number of nitrogens with one attached hydrogen (secondary N) is 1. The van der Waals surface area contributed by atoms with Crippen LogP contribution in [0, 0.1) is 0 Å². The van der Waals surface area contributed by atoms with Gasteiger partial charge in [-0.2, -0.15) is 0 Å². The summed E-state index contributed by atoms with van der Waals surface area (Å²) in [5, 5.41) is 3.18. The molecule has 0 heterocycles. The Labute approximate surface area is 111 Å². The maximum Gasteiger partial charge on any atom is 0.250 e. The zero-order chi connectivity index (χ0) is 13.4. The van der Waals surface area contributed by atoms with Crippen molar-refractivity contribution in [3.8, 4) is 0 Å². The highest BCUT2D eigenvalue weighted by atomic mass is 35.5. The second-order valence-electron chi connectivity index (χ2n) is 3.68. The number of amides is 1. The van der Waals surface area contributed by atoms with Crippen LogP contribution in [-0.4, -0.2) is 32.8 Å². The standard InChI is InChI=1S/C12H17ClN2O3/c1-17-5-2-6-18-8-12(16)15-11-4-3-9(13)7-10(11)14/h3-4,7H,2,5-6,8,14H2,1H3,(H,15,16). The van der Waals surface area contributed by atoms with Gasteiger partial charge in [-0.05, 0) is 24.6 Å². The van der Waals surface area contributed by atoms with E-state index in [9.17, 15) is 4.79 Å². The van der Waals surface area contributed by atoms with Gasteiger partial charge in [-0.1, -0.05) is 11.6 Å². The van der Waals surface area contributed by atoms with Gasteiger partial charge in [0.2, 0.25) is 5.91 Å². The Kier molecular flexibility index (Phi) is 6.49. The topological polar surface area (TPSA) is 73.6 Å². The van der Waals surface area contributed by atoms with E-state index in [0.717, 1.165) is 6.42 Å². The summed E-state index contributed by atoms with van der Waals surface area (Å²) in [6.07, 6.45) is 0.757. The highest BCUT2D eigenvalue weighted by molar-refractivity contribution is 6.31. The highest BCUT2D eigenvalue weighted by Crippen LogP contribution is 2.22. The van der Waals surface area contributed by atoms with Crippen LogP contribution in [0.1, 0.15) is 6.42 Å². The first-order valence-corrected chi connectivity index (χ1v) is 5.93. The minimum Gasteiger partial charge on any atom is -0.397 e. The van der Waals surface area contributed by atoms with Gasteiger partial charge in [0.1, 0.15) is 6.61 Å². The van der Waals surface area contributed by atoms with E-state index < -0.39 is 0 Å². The molecule has 0 atom stereocenters. The van der Waals surface area contributed by atoms with Gasteiger partial charge in [0.15, 0.2) is 0 Å². The number of hydrogen-bond donors (Lipinski definition) is 2. The molecule has 18 heavy (non-hydrogen) atoms. The molecule has 0 aliphatic rings. The van der Waals surface area contributed by atoms with E-state index in [0.29, 0.717) is 29.6 Å². The Morgan fingerprint density at radius 1 is 1.44 bits per heavy atom. The molecule has 1 rings (SSSR count). The number of anilines is 2. The van der Waals surface area contributed by atoms with Crippen LogP contribution in [0.4, 0.5) is 11.4 Å². The highest BCUT2D eigenvalue weighted by Gasteiger charge is 2.05. The molecule has 0 aromatic heterocycles. The SMILES string of the molecule is COCCCOCC(=O)Nc1ccc(Cl)cc1N.